The second kappa shape index (κ2) is 7.82. The summed E-state index contributed by atoms with van der Waals surface area (Å²) >= 11 is 0. The summed E-state index contributed by atoms with van der Waals surface area (Å²) in [5.41, 5.74) is 0.473. The Hall–Kier alpha value is -1.83. The SMILES string of the molecule is CCN(CC(C)(C)O)C(=O)c1ccc(C#CCCO)cc1. The molecule has 0 saturated carbocycles. The molecule has 4 heteroatoms. The summed E-state index contributed by atoms with van der Waals surface area (Å²) in [7, 11) is 0. The van der Waals surface area contributed by atoms with Crippen molar-refractivity contribution in [1.82, 2.24) is 4.90 Å². The maximum atomic E-state index is 12.4. The number of rotatable bonds is 5. The first-order chi connectivity index (χ1) is 9.87. The molecule has 0 fully saturated rings. The lowest BCUT2D eigenvalue weighted by Gasteiger charge is -2.28. The molecule has 21 heavy (non-hydrogen) atoms. The highest BCUT2D eigenvalue weighted by molar-refractivity contribution is 5.94. The third-order valence-electron chi connectivity index (χ3n) is 2.85. The van der Waals surface area contributed by atoms with E-state index < -0.39 is 5.60 Å². The molecule has 1 aromatic rings. The fourth-order valence-electron chi connectivity index (χ4n) is 1.89. The van der Waals surface area contributed by atoms with E-state index in [1.54, 1.807) is 43.0 Å². The van der Waals surface area contributed by atoms with Crippen LogP contribution in [-0.2, 0) is 0 Å². The van der Waals surface area contributed by atoms with Crippen LogP contribution in [0.2, 0.25) is 0 Å². The van der Waals surface area contributed by atoms with E-state index in [-0.39, 0.29) is 12.5 Å². The predicted octanol–water partition coefficient (Wildman–Crippen LogP) is 1.65. The van der Waals surface area contributed by atoms with E-state index in [4.69, 9.17) is 5.11 Å². The third kappa shape index (κ3) is 5.99. The van der Waals surface area contributed by atoms with Crippen molar-refractivity contribution in [2.45, 2.75) is 32.8 Å². The van der Waals surface area contributed by atoms with Gasteiger partial charge in [-0.3, -0.25) is 4.79 Å². The highest BCUT2D eigenvalue weighted by atomic mass is 16.3. The van der Waals surface area contributed by atoms with Crippen molar-refractivity contribution >= 4 is 5.91 Å². The van der Waals surface area contributed by atoms with Gasteiger partial charge in [0, 0.05) is 30.6 Å². The second-order valence-electron chi connectivity index (χ2n) is 5.48. The van der Waals surface area contributed by atoms with Gasteiger partial charge in [0.15, 0.2) is 0 Å². The Morgan fingerprint density at radius 2 is 1.90 bits per heavy atom. The zero-order valence-corrected chi connectivity index (χ0v) is 12.9. The molecule has 0 spiro atoms. The lowest BCUT2D eigenvalue weighted by molar-refractivity contribution is 0.0314. The van der Waals surface area contributed by atoms with E-state index in [1.165, 1.54) is 0 Å². The molecular formula is C17H23NO3. The average Bonchev–Trinajstić information content (AvgIpc) is 2.44. The van der Waals surface area contributed by atoms with Gasteiger partial charge >= 0.3 is 0 Å². The average molecular weight is 289 g/mol. The second-order valence-corrected chi connectivity index (χ2v) is 5.48. The van der Waals surface area contributed by atoms with E-state index in [2.05, 4.69) is 11.8 Å². The topological polar surface area (TPSA) is 60.8 Å². The summed E-state index contributed by atoms with van der Waals surface area (Å²) < 4.78 is 0. The highest BCUT2D eigenvalue weighted by Gasteiger charge is 2.22. The minimum atomic E-state index is -0.915. The first-order valence-corrected chi connectivity index (χ1v) is 7.09. The smallest absolute Gasteiger partial charge is 0.253 e. The van der Waals surface area contributed by atoms with Crippen molar-refractivity contribution in [3.8, 4) is 11.8 Å². The van der Waals surface area contributed by atoms with Gasteiger partial charge in [-0.25, -0.2) is 0 Å². The fourth-order valence-corrected chi connectivity index (χ4v) is 1.89. The summed E-state index contributed by atoms with van der Waals surface area (Å²) in [5, 5.41) is 18.5. The lowest BCUT2D eigenvalue weighted by atomic mass is 10.1. The first kappa shape index (κ1) is 17.2. The van der Waals surface area contributed by atoms with Gasteiger partial charge in [0.05, 0.1) is 12.2 Å². The van der Waals surface area contributed by atoms with E-state index in [1.807, 2.05) is 6.92 Å². The van der Waals surface area contributed by atoms with Gasteiger partial charge in [0.25, 0.3) is 5.91 Å². The molecule has 0 heterocycles. The van der Waals surface area contributed by atoms with Gasteiger partial charge < -0.3 is 15.1 Å². The molecule has 0 aliphatic rings. The van der Waals surface area contributed by atoms with Gasteiger partial charge in [0.2, 0.25) is 0 Å². The summed E-state index contributed by atoms with van der Waals surface area (Å²) in [6.45, 7) is 6.14. The maximum Gasteiger partial charge on any atom is 0.253 e. The van der Waals surface area contributed by atoms with Crippen LogP contribution in [0.3, 0.4) is 0 Å². The van der Waals surface area contributed by atoms with Crippen molar-refractivity contribution < 1.29 is 15.0 Å². The Balaban J connectivity index is 2.81. The van der Waals surface area contributed by atoms with Crippen LogP contribution in [0.25, 0.3) is 0 Å². The van der Waals surface area contributed by atoms with Crippen LogP contribution in [0, 0.1) is 11.8 Å². The lowest BCUT2D eigenvalue weighted by Crippen LogP contribution is -2.42. The molecule has 0 saturated heterocycles. The van der Waals surface area contributed by atoms with Crippen molar-refractivity contribution in [3.63, 3.8) is 0 Å². The number of hydrogen-bond donors (Lipinski definition) is 2. The molecule has 4 nitrogen and oxygen atoms in total. The number of aliphatic hydroxyl groups excluding tert-OH is 1. The molecule has 2 N–H and O–H groups in total. The fraction of sp³-hybridized carbons (Fsp3) is 0.471. The number of nitrogens with zero attached hydrogens (tertiary/aromatic N) is 1. The van der Waals surface area contributed by atoms with Crippen LogP contribution >= 0.6 is 0 Å². The Morgan fingerprint density at radius 1 is 1.29 bits per heavy atom. The molecular weight excluding hydrogens is 266 g/mol. The van der Waals surface area contributed by atoms with Crippen molar-refractivity contribution in [1.29, 1.82) is 0 Å². The molecule has 0 aromatic heterocycles. The minimum Gasteiger partial charge on any atom is -0.395 e. The minimum absolute atomic E-state index is 0.0476. The van der Waals surface area contributed by atoms with Gasteiger partial charge in [-0.2, -0.15) is 0 Å². The number of aliphatic hydroxyl groups is 2. The van der Waals surface area contributed by atoms with Crippen LogP contribution in [0.1, 0.15) is 43.1 Å². The molecule has 0 aliphatic heterocycles. The molecule has 0 bridgehead atoms. The highest BCUT2D eigenvalue weighted by Crippen LogP contribution is 2.11. The van der Waals surface area contributed by atoms with Crippen molar-refractivity contribution in [2.24, 2.45) is 0 Å². The predicted molar refractivity (Wildman–Crippen MR) is 82.9 cm³/mol. The number of benzene rings is 1. The summed E-state index contributed by atoms with van der Waals surface area (Å²) in [6.07, 6.45) is 0.440. The Bertz CT molecular complexity index is 518. The van der Waals surface area contributed by atoms with Crippen LogP contribution in [0.4, 0.5) is 0 Å². The number of carbonyl (C=O) groups excluding carboxylic acids is 1. The van der Waals surface area contributed by atoms with E-state index >= 15 is 0 Å². The van der Waals surface area contributed by atoms with Crippen molar-refractivity contribution in [2.75, 3.05) is 19.7 Å². The quantitative estimate of drug-likeness (QED) is 0.810. The number of hydrogen-bond acceptors (Lipinski definition) is 3. The maximum absolute atomic E-state index is 12.4. The van der Waals surface area contributed by atoms with Crippen LogP contribution in [0.15, 0.2) is 24.3 Å². The summed E-state index contributed by atoms with van der Waals surface area (Å²) in [4.78, 5) is 14.0. The first-order valence-electron chi connectivity index (χ1n) is 7.09. The van der Waals surface area contributed by atoms with Crippen LogP contribution in [0.5, 0.6) is 0 Å². The third-order valence-corrected chi connectivity index (χ3v) is 2.85. The molecule has 1 amide bonds. The van der Waals surface area contributed by atoms with Gasteiger partial charge in [-0.05, 0) is 45.0 Å². The monoisotopic (exact) mass is 289 g/mol. The molecule has 0 atom stereocenters. The Morgan fingerprint density at radius 3 is 2.38 bits per heavy atom. The van der Waals surface area contributed by atoms with E-state index in [0.717, 1.165) is 5.56 Å². The van der Waals surface area contributed by atoms with Gasteiger partial charge in [-0.15, -0.1) is 0 Å². The van der Waals surface area contributed by atoms with Gasteiger partial charge in [0.1, 0.15) is 0 Å². The Kier molecular flexibility index (Phi) is 6.41. The molecule has 0 aliphatic carbocycles. The molecule has 1 rings (SSSR count). The molecule has 114 valence electrons. The van der Waals surface area contributed by atoms with Gasteiger partial charge in [-0.1, -0.05) is 11.8 Å². The van der Waals surface area contributed by atoms with Crippen LogP contribution < -0.4 is 0 Å². The zero-order valence-electron chi connectivity index (χ0n) is 12.9. The largest absolute Gasteiger partial charge is 0.395 e. The standard InChI is InChI=1S/C17H23NO3/c1-4-18(13-17(2,3)21)16(20)15-10-8-14(9-11-15)7-5-6-12-19/h8-11,19,21H,4,6,12-13H2,1-3H3. The van der Waals surface area contributed by atoms with E-state index in [9.17, 15) is 9.90 Å². The number of carbonyl (C=O) groups is 1. The van der Waals surface area contributed by atoms with Crippen molar-refractivity contribution in [3.05, 3.63) is 35.4 Å². The Labute approximate surface area is 126 Å². The number of amides is 1. The molecule has 0 radical (unpaired) electrons. The number of likely N-dealkylation sites (N-methyl/N-ethyl adjacent to an activating group) is 1. The zero-order chi connectivity index (χ0) is 15.9. The van der Waals surface area contributed by atoms with Crippen LogP contribution in [-0.4, -0.2) is 46.3 Å². The summed E-state index contributed by atoms with van der Waals surface area (Å²) in [5.74, 6) is 5.65. The molecule has 1 aromatic carbocycles. The normalized spacial score (nSPS) is 10.7. The van der Waals surface area contributed by atoms with E-state index in [0.29, 0.717) is 25.1 Å². The molecule has 0 unspecified atom stereocenters. The summed E-state index contributed by atoms with van der Waals surface area (Å²) in [6, 6.07) is 7.04.